The van der Waals surface area contributed by atoms with E-state index in [4.69, 9.17) is 10.00 Å². The first-order valence-corrected chi connectivity index (χ1v) is 6.41. The summed E-state index contributed by atoms with van der Waals surface area (Å²) in [5, 5.41) is 20.4. The number of ether oxygens (including phenoxy) is 1. The molecule has 3 aromatic carbocycles. The van der Waals surface area contributed by atoms with E-state index in [2.05, 4.69) is 0 Å². The Hall–Kier alpha value is -3.30. The molecule has 0 N–H and O–H groups in total. The van der Waals surface area contributed by atoms with Gasteiger partial charge in [0.1, 0.15) is 29.2 Å². The molecule has 0 saturated carbocycles. The normalized spacial score (nSPS) is 9.81. The Morgan fingerprint density at radius 2 is 1.57 bits per heavy atom. The third-order valence-electron chi connectivity index (χ3n) is 3.21. The van der Waals surface area contributed by atoms with Crippen LogP contribution in [0.4, 0.5) is 0 Å². The van der Waals surface area contributed by atoms with E-state index in [-0.39, 0.29) is 5.56 Å². The molecule has 0 aliphatic heterocycles. The molecule has 0 aliphatic carbocycles. The molecule has 0 aromatic heterocycles. The van der Waals surface area contributed by atoms with Crippen molar-refractivity contribution in [2.75, 3.05) is 0 Å². The summed E-state index contributed by atoms with van der Waals surface area (Å²) in [6.45, 7) is 0. The van der Waals surface area contributed by atoms with Crippen molar-refractivity contribution >= 4 is 10.8 Å². The van der Waals surface area contributed by atoms with Crippen LogP contribution in [-0.2, 0) is 0 Å². The summed E-state index contributed by atoms with van der Waals surface area (Å²) < 4.78 is 5.78. The van der Waals surface area contributed by atoms with Crippen molar-refractivity contribution in [3.63, 3.8) is 0 Å². The minimum Gasteiger partial charge on any atom is -0.456 e. The van der Waals surface area contributed by atoms with E-state index >= 15 is 0 Å². The highest BCUT2D eigenvalue weighted by atomic mass is 16.5. The molecule has 3 aromatic rings. The van der Waals surface area contributed by atoms with Crippen LogP contribution in [0.5, 0.6) is 11.5 Å². The topological polar surface area (TPSA) is 56.8 Å². The summed E-state index contributed by atoms with van der Waals surface area (Å²) in [6.07, 6.45) is 0. The van der Waals surface area contributed by atoms with E-state index in [1.807, 2.05) is 54.6 Å². The molecule has 3 heteroatoms. The van der Waals surface area contributed by atoms with E-state index in [0.29, 0.717) is 17.1 Å². The molecule has 0 atom stereocenters. The predicted octanol–water partition coefficient (Wildman–Crippen LogP) is 4.38. The monoisotopic (exact) mass is 270 g/mol. The Labute approximate surface area is 122 Å². The van der Waals surface area contributed by atoms with Crippen LogP contribution in [0.15, 0.2) is 60.7 Å². The molecule has 0 aliphatic rings. The molecule has 0 spiro atoms. The van der Waals surface area contributed by atoms with Crippen LogP contribution in [0, 0.1) is 22.7 Å². The molecule has 3 rings (SSSR count). The van der Waals surface area contributed by atoms with Gasteiger partial charge in [-0.2, -0.15) is 10.5 Å². The van der Waals surface area contributed by atoms with Crippen LogP contribution in [0.1, 0.15) is 11.1 Å². The lowest BCUT2D eigenvalue weighted by atomic mass is 10.1. The molecule has 0 amide bonds. The van der Waals surface area contributed by atoms with Gasteiger partial charge in [-0.05, 0) is 35.0 Å². The number of hydrogen-bond donors (Lipinski definition) is 0. The van der Waals surface area contributed by atoms with Gasteiger partial charge in [-0.1, -0.05) is 36.4 Å². The Morgan fingerprint density at radius 1 is 0.762 bits per heavy atom. The molecule has 0 radical (unpaired) electrons. The number of fused-ring (bicyclic) bond motifs is 1. The van der Waals surface area contributed by atoms with Gasteiger partial charge < -0.3 is 4.74 Å². The van der Waals surface area contributed by atoms with E-state index in [1.54, 1.807) is 18.2 Å². The maximum atomic E-state index is 9.20. The van der Waals surface area contributed by atoms with Gasteiger partial charge in [0.05, 0.1) is 5.56 Å². The Balaban J connectivity index is 2.03. The second-order valence-corrected chi connectivity index (χ2v) is 4.51. The third-order valence-corrected chi connectivity index (χ3v) is 3.21. The first-order chi connectivity index (χ1) is 10.3. The van der Waals surface area contributed by atoms with Crippen molar-refractivity contribution in [3.8, 4) is 23.6 Å². The highest BCUT2D eigenvalue weighted by molar-refractivity contribution is 5.83. The summed E-state index contributed by atoms with van der Waals surface area (Å²) in [6, 6.07) is 22.7. The van der Waals surface area contributed by atoms with Crippen molar-refractivity contribution < 1.29 is 4.74 Å². The average Bonchev–Trinajstić information content (AvgIpc) is 2.54. The van der Waals surface area contributed by atoms with Gasteiger partial charge in [0.25, 0.3) is 0 Å². The van der Waals surface area contributed by atoms with Crippen molar-refractivity contribution in [1.82, 2.24) is 0 Å². The second-order valence-electron chi connectivity index (χ2n) is 4.51. The van der Waals surface area contributed by atoms with Gasteiger partial charge in [-0.25, -0.2) is 0 Å². The Kier molecular flexibility index (Phi) is 3.25. The number of hydrogen-bond acceptors (Lipinski definition) is 3. The lowest BCUT2D eigenvalue weighted by molar-refractivity contribution is 0.481. The molecule has 0 fully saturated rings. The first-order valence-electron chi connectivity index (χ1n) is 6.41. The standard InChI is InChI=1S/C18H10N2O/c19-11-15-6-3-7-18(17(15)12-20)21-16-9-8-13-4-1-2-5-14(13)10-16/h1-10H. The van der Waals surface area contributed by atoms with Gasteiger partial charge in [-0.3, -0.25) is 0 Å². The molecule has 0 saturated heterocycles. The molecular weight excluding hydrogens is 260 g/mol. The van der Waals surface area contributed by atoms with Crippen molar-refractivity contribution in [1.29, 1.82) is 10.5 Å². The molecular formula is C18H10N2O. The lowest BCUT2D eigenvalue weighted by Crippen LogP contribution is -1.91. The maximum absolute atomic E-state index is 9.20. The zero-order chi connectivity index (χ0) is 14.7. The quantitative estimate of drug-likeness (QED) is 0.694. The van der Waals surface area contributed by atoms with Gasteiger partial charge in [0.15, 0.2) is 0 Å². The fourth-order valence-electron chi connectivity index (χ4n) is 2.18. The molecule has 98 valence electrons. The summed E-state index contributed by atoms with van der Waals surface area (Å²) in [4.78, 5) is 0. The molecule has 0 unspecified atom stereocenters. The first kappa shape index (κ1) is 12.7. The fraction of sp³-hybridized carbons (Fsp3) is 0. The fourth-order valence-corrected chi connectivity index (χ4v) is 2.18. The summed E-state index contributed by atoms with van der Waals surface area (Å²) >= 11 is 0. The Bertz CT molecular complexity index is 901. The van der Waals surface area contributed by atoms with Crippen LogP contribution >= 0.6 is 0 Å². The summed E-state index contributed by atoms with van der Waals surface area (Å²) in [5.74, 6) is 1.03. The number of nitrogens with zero attached hydrogens (tertiary/aromatic N) is 2. The van der Waals surface area contributed by atoms with Gasteiger partial charge in [0.2, 0.25) is 0 Å². The zero-order valence-corrected chi connectivity index (χ0v) is 11.1. The van der Waals surface area contributed by atoms with Crippen LogP contribution in [-0.4, -0.2) is 0 Å². The highest BCUT2D eigenvalue weighted by Gasteiger charge is 2.09. The predicted molar refractivity (Wildman–Crippen MR) is 79.9 cm³/mol. The van der Waals surface area contributed by atoms with Crippen LogP contribution in [0.2, 0.25) is 0 Å². The van der Waals surface area contributed by atoms with Gasteiger partial charge >= 0.3 is 0 Å². The molecule has 0 bridgehead atoms. The van der Waals surface area contributed by atoms with E-state index in [9.17, 15) is 5.26 Å². The van der Waals surface area contributed by atoms with Crippen molar-refractivity contribution in [3.05, 3.63) is 71.8 Å². The molecule has 21 heavy (non-hydrogen) atoms. The van der Waals surface area contributed by atoms with E-state index in [0.717, 1.165) is 10.8 Å². The SMILES string of the molecule is N#Cc1cccc(Oc2ccc3ccccc3c2)c1C#N. The second kappa shape index (κ2) is 5.36. The zero-order valence-electron chi connectivity index (χ0n) is 11.1. The summed E-state index contributed by atoms with van der Waals surface area (Å²) in [5.41, 5.74) is 0.573. The van der Waals surface area contributed by atoms with E-state index < -0.39 is 0 Å². The van der Waals surface area contributed by atoms with Crippen LogP contribution in [0.3, 0.4) is 0 Å². The van der Waals surface area contributed by atoms with Gasteiger partial charge in [-0.15, -0.1) is 0 Å². The third kappa shape index (κ3) is 2.41. The lowest BCUT2D eigenvalue weighted by Gasteiger charge is -2.09. The summed E-state index contributed by atoms with van der Waals surface area (Å²) in [7, 11) is 0. The van der Waals surface area contributed by atoms with Gasteiger partial charge in [0, 0.05) is 0 Å². The molecule has 3 nitrogen and oxygen atoms in total. The van der Waals surface area contributed by atoms with Crippen LogP contribution < -0.4 is 4.74 Å². The smallest absolute Gasteiger partial charge is 0.146 e. The van der Waals surface area contributed by atoms with Crippen molar-refractivity contribution in [2.24, 2.45) is 0 Å². The average molecular weight is 270 g/mol. The minimum absolute atomic E-state index is 0.258. The largest absolute Gasteiger partial charge is 0.456 e. The highest BCUT2D eigenvalue weighted by Crippen LogP contribution is 2.29. The van der Waals surface area contributed by atoms with Crippen molar-refractivity contribution in [2.45, 2.75) is 0 Å². The number of benzene rings is 3. The minimum atomic E-state index is 0.258. The Morgan fingerprint density at radius 3 is 2.33 bits per heavy atom. The molecule has 0 heterocycles. The number of rotatable bonds is 2. The number of nitriles is 2. The maximum Gasteiger partial charge on any atom is 0.146 e. The van der Waals surface area contributed by atoms with Crippen LogP contribution in [0.25, 0.3) is 10.8 Å². The van der Waals surface area contributed by atoms with E-state index in [1.165, 1.54) is 0 Å².